The topological polar surface area (TPSA) is 35.5 Å². The fourth-order valence-corrected chi connectivity index (χ4v) is 3.06. The van der Waals surface area contributed by atoms with Gasteiger partial charge in [0.1, 0.15) is 5.82 Å². The second kappa shape index (κ2) is 7.76. The molecule has 2 atom stereocenters. The van der Waals surface area contributed by atoms with Gasteiger partial charge in [-0.25, -0.2) is 4.39 Å². The number of benzene rings is 1. The van der Waals surface area contributed by atoms with E-state index in [2.05, 4.69) is 24.1 Å². The minimum Gasteiger partial charge on any atom is -0.396 e. The molecule has 1 fully saturated rings. The van der Waals surface area contributed by atoms with Crippen LogP contribution in [0.4, 0.5) is 10.1 Å². The van der Waals surface area contributed by atoms with Crippen LogP contribution in [0.3, 0.4) is 0 Å². The first-order valence-electron chi connectivity index (χ1n) is 8.04. The van der Waals surface area contributed by atoms with E-state index in [1.807, 2.05) is 6.07 Å². The van der Waals surface area contributed by atoms with E-state index < -0.39 is 0 Å². The summed E-state index contributed by atoms with van der Waals surface area (Å²) in [6.45, 7) is 7.21. The predicted molar refractivity (Wildman–Crippen MR) is 85.1 cm³/mol. The van der Waals surface area contributed by atoms with Crippen molar-refractivity contribution >= 4 is 5.69 Å². The Hall–Kier alpha value is -1.13. The molecular formula is C17H27FN2O. The third-order valence-corrected chi connectivity index (χ3v) is 4.27. The molecule has 118 valence electrons. The maximum atomic E-state index is 13.7. The number of anilines is 1. The van der Waals surface area contributed by atoms with E-state index in [0.29, 0.717) is 5.92 Å². The molecule has 0 aromatic heterocycles. The van der Waals surface area contributed by atoms with Crippen molar-refractivity contribution in [2.75, 3.05) is 31.1 Å². The van der Waals surface area contributed by atoms with Gasteiger partial charge in [0.15, 0.2) is 0 Å². The molecule has 0 spiro atoms. The zero-order valence-electron chi connectivity index (χ0n) is 13.1. The van der Waals surface area contributed by atoms with Crippen molar-refractivity contribution in [1.82, 2.24) is 5.32 Å². The molecule has 0 saturated carbocycles. The lowest BCUT2D eigenvalue weighted by atomic mass is 9.96. The van der Waals surface area contributed by atoms with Crippen LogP contribution in [0.15, 0.2) is 18.2 Å². The Morgan fingerprint density at radius 3 is 3.00 bits per heavy atom. The van der Waals surface area contributed by atoms with Crippen molar-refractivity contribution in [2.24, 2.45) is 5.92 Å². The van der Waals surface area contributed by atoms with Gasteiger partial charge in [0, 0.05) is 31.4 Å². The second-order valence-corrected chi connectivity index (χ2v) is 6.02. The third kappa shape index (κ3) is 4.17. The minimum atomic E-state index is -0.186. The van der Waals surface area contributed by atoms with Crippen LogP contribution in [0, 0.1) is 11.7 Å². The zero-order valence-corrected chi connectivity index (χ0v) is 13.1. The van der Waals surface area contributed by atoms with E-state index in [9.17, 15) is 9.50 Å². The number of aliphatic hydroxyl groups is 1. The molecular weight excluding hydrogens is 267 g/mol. The highest BCUT2D eigenvalue weighted by atomic mass is 19.1. The number of nitrogens with zero attached hydrogens (tertiary/aromatic N) is 1. The molecule has 1 heterocycles. The molecule has 0 radical (unpaired) electrons. The number of rotatable bonds is 6. The van der Waals surface area contributed by atoms with Crippen LogP contribution < -0.4 is 10.2 Å². The number of aliphatic hydroxyl groups excluding tert-OH is 1. The smallest absolute Gasteiger partial charge is 0.123 e. The second-order valence-electron chi connectivity index (χ2n) is 6.02. The van der Waals surface area contributed by atoms with E-state index in [1.54, 1.807) is 6.07 Å². The molecule has 4 heteroatoms. The highest BCUT2D eigenvalue weighted by Gasteiger charge is 2.23. The van der Waals surface area contributed by atoms with Crippen molar-refractivity contribution in [2.45, 2.75) is 39.2 Å². The monoisotopic (exact) mass is 294 g/mol. The first-order chi connectivity index (χ1) is 10.2. The highest BCUT2D eigenvalue weighted by Crippen LogP contribution is 2.30. The van der Waals surface area contributed by atoms with Crippen molar-refractivity contribution < 1.29 is 9.50 Å². The highest BCUT2D eigenvalue weighted by molar-refractivity contribution is 5.55. The third-order valence-electron chi connectivity index (χ3n) is 4.27. The Morgan fingerprint density at radius 1 is 1.48 bits per heavy atom. The average molecular weight is 294 g/mol. The minimum absolute atomic E-state index is 0.130. The maximum absolute atomic E-state index is 13.7. The van der Waals surface area contributed by atoms with Gasteiger partial charge in [-0.3, -0.25) is 0 Å². The normalized spacial score (nSPS) is 20.6. The summed E-state index contributed by atoms with van der Waals surface area (Å²) in [7, 11) is 0. The summed E-state index contributed by atoms with van der Waals surface area (Å²) in [6, 6.07) is 5.19. The van der Waals surface area contributed by atoms with Gasteiger partial charge in [-0.15, -0.1) is 0 Å². The van der Waals surface area contributed by atoms with Crippen molar-refractivity contribution in [3.8, 4) is 0 Å². The van der Waals surface area contributed by atoms with Gasteiger partial charge in [0.05, 0.1) is 0 Å². The molecule has 0 amide bonds. The Bertz CT molecular complexity index is 452. The molecule has 1 aliphatic rings. The zero-order chi connectivity index (χ0) is 15.2. The van der Waals surface area contributed by atoms with Gasteiger partial charge in [-0.05, 0) is 62.4 Å². The summed E-state index contributed by atoms with van der Waals surface area (Å²) in [4.78, 5) is 2.29. The van der Waals surface area contributed by atoms with Gasteiger partial charge in [-0.1, -0.05) is 6.92 Å². The molecule has 2 N–H and O–H groups in total. The first kappa shape index (κ1) is 16.2. The molecule has 1 saturated heterocycles. The Labute approximate surface area is 127 Å². The standard InChI is InChI=1S/C17H27FN2O/c1-3-8-19-13(2)16-10-15(18)6-7-17(16)20-9-4-5-14(11-20)12-21/h6-7,10,13-14,19,21H,3-5,8-9,11-12H2,1-2H3. The van der Waals surface area contributed by atoms with E-state index in [0.717, 1.165) is 50.1 Å². The van der Waals surface area contributed by atoms with Gasteiger partial charge in [0.25, 0.3) is 0 Å². The first-order valence-corrected chi connectivity index (χ1v) is 8.04. The summed E-state index contributed by atoms with van der Waals surface area (Å²) in [5.74, 6) is 0.144. The van der Waals surface area contributed by atoms with Crippen LogP contribution in [-0.2, 0) is 0 Å². The molecule has 1 aromatic rings. The van der Waals surface area contributed by atoms with Crippen LogP contribution in [0.25, 0.3) is 0 Å². The molecule has 3 nitrogen and oxygen atoms in total. The lowest BCUT2D eigenvalue weighted by molar-refractivity contribution is 0.208. The molecule has 21 heavy (non-hydrogen) atoms. The molecule has 1 aliphatic heterocycles. The summed E-state index contributed by atoms with van der Waals surface area (Å²) >= 11 is 0. The fraction of sp³-hybridized carbons (Fsp3) is 0.647. The van der Waals surface area contributed by atoms with Crippen LogP contribution in [0.1, 0.15) is 44.7 Å². The van der Waals surface area contributed by atoms with E-state index in [-0.39, 0.29) is 18.5 Å². The van der Waals surface area contributed by atoms with Crippen molar-refractivity contribution in [3.63, 3.8) is 0 Å². The fourth-order valence-electron chi connectivity index (χ4n) is 3.06. The molecule has 0 bridgehead atoms. The molecule has 0 aliphatic carbocycles. The number of hydrogen-bond acceptors (Lipinski definition) is 3. The Balaban J connectivity index is 2.21. The number of hydrogen-bond donors (Lipinski definition) is 2. The molecule has 2 rings (SSSR count). The van der Waals surface area contributed by atoms with E-state index in [4.69, 9.17) is 0 Å². The summed E-state index contributed by atoms with van der Waals surface area (Å²) in [5, 5.41) is 12.8. The Morgan fingerprint density at radius 2 is 2.29 bits per heavy atom. The van der Waals surface area contributed by atoms with E-state index in [1.165, 1.54) is 6.07 Å². The number of piperidine rings is 1. The van der Waals surface area contributed by atoms with Gasteiger partial charge < -0.3 is 15.3 Å². The lowest BCUT2D eigenvalue weighted by Crippen LogP contribution is -2.38. The quantitative estimate of drug-likeness (QED) is 0.846. The van der Waals surface area contributed by atoms with E-state index >= 15 is 0 Å². The van der Waals surface area contributed by atoms with Crippen molar-refractivity contribution in [3.05, 3.63) is 29.6 Å². The SMILES string of the molecule is CCCNC(C)c1cc(F)ccc1N1CCCC(CO)C1. The lowest BCUT2D eigenvalue weighted by Gasteiger charge is -2.35. The largest absolute Gasteiger partial charge is 0.396 e. The Kier molecular flexibility index (Phi) is 6.00. The maximum Gasteiger partial charge on any atom is 0.123 e. The number of halogens is 1. The molecule has 2 unspecified atom stereocenters. The summed E-state index contributed by atoms with van der Waals surface area (Å²) in [5.41, 5.74) is 2.12. The van der Waals surface area contributed by atoms with Crippen LogP contribution in [0.5, 0.6) is 0 Å². The van der Waals surface area contributed by atoms with Gasteiger partial charge in [-0.2, -0.15) is 0 Å². The van der Waals surface area contributed by atoms with Crippen LogP contribution in [0.2, 0.25) is 0 Å². The van der Waals surface area contributed by atoms with Crippen molar-refractivity contribution in [1.29, 1.82) is 0 Å². The van der Waals surface area contributed by atoms with Crippen LogP contribution >= 0.6 is 0 Å². The van der Waals surface area contributed by atoms with Crippen LogP contribution in [-0.4, -0.2) is 31.3 Å². The summed E-state index contributed by atoms with van der Waals surface area (Å²) < 4.78 is 13.7. The summed E-state index contributed by atoms with van der Waals surface area (Å²) in [6.07, 6.45) is 3.22. The predicted octanol–water partition coefficient (Wildman–Crippen LogP) is 3.10. The van der Waals surface area contributed by atoms with Gasteiger partial charge >= 0.3 is 0 Å². The average Bonchev–Trinajstić information content (AvgIpc) is 2.52. The number of nitrogens with one attached hydrogen (secondary N) is 1. The molecule has 1 aromatic carbocycles. The van der Waals surface area contributed by atoms with Gasteiger partial charge in [0.2, 0.25) is 0 Å².